The summed E-state index contributed by atoms with van der Waals surface area (Å²) in [4.78, 5) is 25.1. The molecular formula is C20H23ClN2O3S. The summed E-state index contributed by atoms with van der Waals surface area (Å²) in [5, 5.41) is 6.31. The summed E-state index contributed by atoms with van der Waals surface area (Å²) in [5.74, 6) is 0.926. The fourth-order valence-electron chi connectivity index (χ4n) is 2.45. The first-order valence-electron chi connectivity index (χ1n) is 8.49. The number of thioether (sulfide) groups is 1. The number of amides is 2. The molecule has 27 heavy (non-hydrogen) atoms. The molecule has 2 aromatic carbocycles. The van der Waals surface area contributed by atoms with Gasteiger partial charge in [0.1, 0.15) is 11.8 Å². The number of rotatable bonds is 9. The number of methoxy groups -OCH3 is 1. The largest absolute Gasteiger partial charge is 0.497 e. The normalized spacial score (nSPS) is 11.5. The Morgan fingerprint density at radius 3 is 2.56 bits per heavy atom. The number of hydrogen-bond donors (Lipinski definition) is 2. The molecule has 0 saturated heterocycles. The third kappa shape index (κ3) is 6.81. The van der Waals surface area contributed by atoms with Gasteiger partial charge in [-0.1, -0.05) is 23.7 Å². The predicted octanol–water partition coefficient (Wildman–Crippen LogP) is 3.52. The van der Waals surface area contributed by atoms with E-state index in [0.717, 1.165) is 11.3 Å². The Balaban J connectivity index is 1.99. The molecule has 0 aliphatic rings. The molecule has 0 spiro atoms. The van der Waals surface area contributed by atoms with E-state index in [1.165, 1.54) is 0 Å². The van der Waals surface area contributed by atoms with Crippen LogP contribution in [0.1, 0.15) is 22.3 Å². The molecule has 0 heterocycles. The van der Waals surface area contributed by atoms with E-state index in [1.54, 1.807) is 55.3 Å². The van der Waals surface area contributed by atoms with Gasteiger partial charge < -0.3 is 15.4 Å². The fourth-order valence-corrected chi connectivity index (χ4v) is 3.13. The van der Waals surface area contributed by atoms with Gasteiger partial charge in [-0.05, 0) is 60.4 Å². The molecule has 0 saturated carbocycles. The average Bonchev–Trinajstić information content (AvgIpc) is 2.69. The van der Waals surface area contributed by atoms with E-state index >= 15 is 0 Å². The Labute approximate surface area is 168 Å². The quantitative estimate of drug-likeness (QED) is 0.668. The maximum Gasteiger partial charge on any atom is 0.251 e. The number of benzene rings is 2. The van der Waals surface area contributed by atoms with Crippen LogP contribution in [0, 0.1) is 0 Å². The first-order valence-corrected chi connectivity index (χ1v) is 10.3. The molecule has 144 valence electrons. The number of carbonyl (C=O) groups excluding carboxylic acids is 2. The van der Waals surface area contributed by atoms with E-state index in [2.05, 4.69) is 10.6 Å². The third-order valence-electron chi connectivity index (χ3n) is 3.94. The van der Waals surface area contributed by atoms with Crippen molar-refractivity contribution in [2.24, 2.45) is 0 Å². The highest BCUT2D eigenvalue weighted by Gasteiger charge is 2.21. The number of hydrogen-bond acceptors (Lipinski definition) is 4. The lowest BCUT2D eigenvalue weighted by Gasteiger charge is -2.18. The summed E-state index contributed by atoms with van der Waals surface area (Å²) in [6.45, 7) is 0.355. The van der Waals surface area contributed by atoms with Crippen LogP contribution in [-0.2, 0) is 11.3 Å². The molecule has 2 N–H and O–H groups in total. The molecule has 0 radical (unpaired) electrons. The molecule has 2 aromatic rings. The second kappa shape index (κ2) is 10.8. The van der Waals surface area contributed by atoms with Gasteiger partial charge in [-0.2, -0.15) is 11.8 Å². The molecule has 5 nitrogen and oxygen atoms in total. The van der Waals surface area contributed by atoms with Gasteiger partial charge in [0, 0.05) is 17.1 Å². The van der Waals surface area contributed by atoms with E-state index in [9.17, 15) is 9.59 Å². The molecule has 0 bridgehead atoms. The monoisotopic (exact) mass is 406 g/mol. The molecule has 0 aliphatic carbocycles. The Morgan fingerprint density at radius 2 is 1.93 bits per heavy atom. The van der Waals surface area contributed by atoms with Crippen LogP contribution in [0.4, 0.5) is 0 Å². The molecule has 1 atom stereocenters. The summed E-state index contributed by atoms with van der Waals surface area (Å²) >= 11 is 7.59. The lowest BCUT2D eigenvalue weighted by atomic mass is 10.1. The lowest BCUT2D eigenvalue weighted by molar-refractivity contribution is -0.123. The molecular weight excluding hydrogens is 384 g/mol. The Hall–Kier alpha value is -2.18. The van der Waals surface area contributed by atoms with Gasteiger partial charge in [0.05, 0.1) is 7.11 Å². The standard InChI is InChI=1S/C20H23ClN2O3S/c1-26-17-8-6-15(7-9-17)19(24)23-18(10-11-27-2)20(25)22-13-14-4-3-5-16(21)12-14/h3-9,12,18H,10-11,13H2,1-2H3,(H,22,25)(H,23,24). The summed E-state index contributed by atoms with van der Waals surface area (Å²) in [6, 6.07) is 13.5. The van der Waals surface area contributed by atoms with Crippen molar-refractivity contribution in [3.05, 3.63) is 64.7 Å². The zero-order chi connectivity index (χ0) is 19.6. The van der Waals surface area contributed by atoms with Crippen molar-refractivity contribution in [2.45, 2.75) is 19.0 Å². The van der Waals surface area contributed by atoms with Crippen molar-refractivity contribution in [1.82, 2.24) is 10.6 Å². The van der Waals surface area contributed by atoms with Crippen molar-refractivity contribution in [3.63, 3.8) is 0 Å². The molecule has 2 amide bonds. The van der Waals surface area contributed by atoms with Crippen LogP contribution in [0.25, 0.3) is 0 Å². The van der Waals surface area contributed by atoms with Crippen molar-refractivity contribution in [2.75, 3.05) is 19.1 Å². The minimum Gasteiger partial charge on any atom is -0.497 e. The summed E-state index contributed by atoms with van der Waals surface area (Å²) < 4.78 is 5.10. The molecule has 1 unspecified atom stereocenters. The van der Waals surface area contributed by atoms with Crippen LogP contribution in [0.5, 0.6) is 5.75 Å². The molecule has 0 fully saturated rings. The minimum atomic E-state index is -0.605. The van der Waals surface area contributed by atoms with E-state index in [1.807, 2.05) is 18.4 Å². The van der Waals surface area contributed by atoms with E-state index in [-0.39, 0.29) is 11.8 Å². The van der Waals surface area contributed by atoms with E-state index < -0.39 is 6.04 Å². The zero-order valence-corrected chi connectivity index (χ0v) is 16.9. The number of carbonyl (C=O) groups is 2. The van der Waals surface area contributed by atoms with Crippen LogP contribution in [0.2, 0.25) is 5.02 Å². The van der Waals surface area contributed by atoms with Crippen LogP contribution in [0.15, 0.2) is 48.5 Å². The summed E-state index contributed by atoms with van der Waals surface area (Å²) in [5.41, 5.74) is 1.38. The van der Waals surface area contributed by atoms with Gasteiger partial charge in [-0.15, -0.1) is 0 Å². The van der Waals surface area contributed by atoms with Crippen molar-refractivity contribution >= 4 is 35.2 Å². The maximum absolute atomic E-state index is 12.6. The number of ether oxygens (including phenoxy) is 1. The Bertz CT molecular complexity index is 768. The first kappa shape index (κ1) is 21.1. The van der Waals surface area contributed by atoms with Gasteiger partial charge in [0.25, 0.3) is 5.91 Å². The van der Waals surface area contributed by atoms with Gasteiger partial charge in [0.15, 0.2) is 0 Å². The first-order chi connectivity index (χ1) is 13.0. The SMILES string of the molecule is COc1ccc(C(=O)NC(CCSC)C(=O)NCc2cccc(Cl)c2)cc1. The number of halogens is 1. The van der Waals surface area contributed by atoms with Crippen molar-refractivity contribution in [3.8, 4) is 5.75 Å². The average molecular weight is 407 g/mol. The van der Waals surface area contributed by atoms with Gasteiger partial charge >= 0.3 is 0 Å². The van der Waals surface area contributed by atoms with Crippen LogP contribution >= 0.6 is 23.4 Å². The van der Waals surface area contributed by atoms with Crippen LogP contribution in [-0.4, -0.2) is 37.0 Å². The van der Waals surface area contributed by atoms with E-state index in [0.29, 0.717) is 29.3 Å². The smallest absolute Gasteiger partial charge is 0.251 e. The lowest BCUT2D eigenvalue weighted by Crippen LogP contribution is -2.46. The highest BCUT2D eigenvalue weighted by molar-refractivity contribution is 7.98. The summed E-state index contributed by atoms with van der Waals surface area (Å²) in [6.07, 6.45) is 2.51. The predicted molar refractivity (Wildman–Crippen MR) is 111 cm³/mol. The maximum atomic E-state index is 12.6. The summed E-state index contributed by atoms with van der Waals surface area (Å²) in [7, 11) is 1.57. The fraction of sp³-hybridized carbons (Fsp3) is 0.300. The molecule has 0 aliphatic heterocycles. The van der Waals surface area contributed by atoms with E-state index in [4.69, 9.17) is 16.3 Å². The highest BCUT2D eigenvalue weighted by Crippen LogP contribution is 2.13. The highest BCUT2D eigenvalue weighted by atomic mass is 35.5. The molecule has 2 rings (SSSR count). The second-order valence-electron chi connectivity index (χ2n) is 5.88. The molecule has 7 heteroatoms. The Kier molecular flexibility index (Phi) is 8.48. The van der Waals surface area contributed by atoms with Gasteiger partial charge in [0.2, 0.25) is 5.91 Å². The minimum absolute atomic E-state index is 0.217. The second-order valence-corrected chi connectivity index (χ2v) is 7.31. The van der Waals surface area contributed by atoms with Crippen molar-refractivity contribution in [1.29, 1.82) is 0 Å². The third-order valence-corrected chi connectivity index (χ3v) is 4.82. The van der Waals surface area contributed by atoms with Crippen LogP contribution in [0.3, 0.4) is 0 Å². The number of nitrogens with one attached hydrogen (secondary N) is 2. The van der Waals surface area contributed by atoms with Crippen molar-refractivity contribution < 1.29 is 14.3 Å². The Morgan fingerprint density at radius 1 is 1.19 bits per heavy atom. The molecule has 0 aromatic heterocycles. The topological polar surface area (TPSA) is 67.4 Å². The zero-order valence-electron chi connectivity index (χ0n) is 15.3. The van der Waals surface area contributed by atoms with Gasteiger partial charge in [-0.25, -0.2) is 0 Å². The van der Waals surface area contributed by atoms with Gasteiger partial charge in [-0.3, -0.25) is 9.59 Å². The van der Waals surface area contributed by atoms with Crippen LogP contribution < -0.4 is 15.4 Å².